The minimum absolute atomic E-state index is 0.179. The van der Waals surface area contributed by atoms with E-state index in [4.69, 9.17) is 27.9 Å². The van der Waals surface area contributed by atoms with Gasteiger partial charge in [-0.25, -0.2) is 0 Å². The van der Waals surface area contributed by atoms with Crippen molar-refractivity contribution in [3.8, 4) is 11.8 Å². The molecular weight excluding hydrogens is 405 g/mol. The Morgan fingerprint density at radius 3 is 2.57 bits per heavy atom. The molecular formula is C19H15Cl2N3O4. The number of rotatable bonds is 7. The van der Waals surface area contributed by atoms with Gasteiger partial charge < -0.3 is 10.1 Å². The SMILES string of the molecule is CCCOc1c(Cl)cc(/C=C(\C#N)C(=O)Nc2cccc([N+](=O)[O-])c2)cc1Cl. The lowest BCUT2D eigenvalue weighted by molar-refractivity contribution is -0.384. The van der Waals surface area contributed by atoms with Gasteiger partial charge in [0.15, 0.2) is 5.75 Å². The predicted molar refractivity (Wildman–Crippen MR) is 108 cm³/mol. The molecule has 0 atom stereocenters. The number of amides is 1. The van der Waals surface area contributed by atoms with Crippen molar-refractivity contribution in [1.29, 1.82) is 5.26 Å². The van der Waals surface area contributed by atoms with E-state index < -0.39 is 10.8 Å². The van der Waals surface area contributed by atoms with Crippen LogP contribution in [0.25, 0.3) is 6.08 Å². The molecule has 0 heterocycles. The number of nitrogens with zero attached hydrogens (tertiary/aromatic N) is 2. The van der Waals surface area contributed by atoms with Crippen LogP contribution in [0.3, 0.4) is 0 Å². The fraction of sp³-hybridized carbons (Fsp3) is 0.158. The van der Waals surface area contributed by atoms with Gasteiger partial charge in [-0.3, -0.25) is 14.9 Å². The van der Waals surface area contributed by atoms with Gasteiger partial charge in [-0.15, -0.1) is 0 Å². The Hall–Kier alpha value is -3.08. The van der Waals surface area contributed by atoms with Gasteiger partial charge in [-0.05, 0) is 36.3 Å². The monoisotopic (exact) mass is 419 g/mol. The van der Waals surface area contributed by atoms with E-state index in [1.165, 1.54) is 42.5 Å². The molecule has 0 aliphatic rings. The summed E-state index contributed by atoms with van der Waals surface area (Å²) >= 11 is 12.3. The number of carbonyl (C=O) groups is 1. The van der Waals surface area contributed by atoms with Gasteiger partial charge >= 0.3 is 0 Å². The summed E-state index contributed by atoms with van der Waals surface area (Å²) in [6.45, 7) is 2.39. The summed E-state index contributed by atoms with van der Waals surface area (Å²) in [6, 6.07) is 10.2. The van der Waals surface area contributed by atoms with Crippen molar-refractivity contribution in [2.45, 2.75) is 13.3 Å². The zero-order valence-electron chi connectivity index (χ0n) is 14.7. The number of nitriles is 1. The zero-order valence-corrected chi connectivity index (χ0v) is 16.3. The lowest BCUT2D eigenvalue weighted by atomic mass is 10.1. The summed E-state index contributed by atoms with van der Waals surface area (Å²) in [4.78, 5) is 22.6. The Morgan fingerprint density at radius 2 is 2.00 bits per heavy atom. The van der Waals surface area contributed by atoms with E-state index in [-0.39, 0.29) is 27.0 Å². The maximum absolute atomic E-state index is 12.3. The first-order valence-electron chi connectivity index (χ1n) is 8.15. The molecule has 28 heavy (non-hydrogen) atoms. The third kappa shape index (κ3) is 5.46. The number of halogens is 2. The zero-order chi connectivity index (χ0) is 20.7. The van der Waals surface area contributed by atoms with Crippen molar-refractivity contribution >= 4 is 46.6 Å². The van der Waals surface area contributed by atoms with Crippen molar-refractivity contribution in [3.05, 3.63) is 67.7 Å². The number of benzene rings is 2. The minimum Gasteiger partial charge on any atom is -0.490 e. The second-order valence-corrected chi connectivity index (χ2v) is 6.41. The molecule has 0 saturated heterocycles. The molecule has 0 unspecified atom stereocenters. The number of ether oxygens (including phenoxy) is 1. The number of hydrogen-bond acceptors (Lipinski definition) is 5. The first-order valence-corrected chi connectivity index (χ1v) is 8.90. The summed E-state index contributed by atoms with van der Waals surface area (Å²) < 4.78 is 5.48. The summed E-state index contributed by atoms with van der Waals surface area (Å²) in [5, 5.41) is 23.1. The predicted octanol–water partition coefficient (Wildman–Crippen LogP) is 5.24. The highest BCUT2D eigenvalue weighted by Crippen LogP contribution is 2.35. The summed E-state index contributed by atoms with van der Waals surface area (Å²) in [5.41, 5.74) is 0.228. The molecule has 2 rings (SSSR count). The molecule has 7 nitrogen and oxygen atoms in total. The van der Waals surface area contributed by atoms with Crippen LogP contribution < -0.4 is 10.1 Å². The molecule has 0 fully saturated rings. The summed E-state index contributed by atoms with van der Waals surface area (Å²) in [7, 11) is 0. The molecule has 1 amide bonds. The number of nitrogens with one attached hydrogen (secondary N) is 1. The Morgan fingerprint density at radius 1 is 1.32 bits per heavy atom. The molecule has 1 N–H and O–H groups in total. The summed E-state index contributed by atoms with van der Waals surface area (Å²) in [5.74, 6) is -0.386. The lowest BCUT2D eigenvalue weighted by Crippen LogP contribution is -2.13. The molecule has 0 saturated carbocycles. The highest BCUT2D eigenvalue weighted by atomic mass is 35.5. The van der Waals surface area contributed by atoms with Gasteiger partial charge in [-0.2, -0.15) is 5.26 Å². The van der Waals surface area contributed by atoms with Crippen LogP contribution in [-0.2, 0) is 4.79 Å². The highest BCUT2D eigenvalue weighted by molar-refractivity contribution is 6.37. The third-order valence-electron chi connectivity index (χ3n) is 3.46. The Balaban J connectivity index is 2.26. The standard InChI is InChI=1S/C19H15Cl2N3O4/c1-2-6-28-18-16(20)8-12(9-17(18)21)7-13(11-22)19(25)23-14-4-3-5-15(10-14)24(26)27/h3-5,7-10H,2,6H2,1H3,(H,23,25)/b13-7+. The average molecular weight is 420 g/mol. The lowest BCUT2D eigenvalue weighted by Gasteiger charge is -2.10. The van der Waals surface area contributed by atoms with Gasteiger partial charge in [0.1, 0.15) is 11.6 Å². The molecule has 0 radical (unpaired) electrons. The third-order valence-corrected chi connectivity index (χ3v) is 4.02. The number of carbonyl (C=O) groups excluding carboxylic acids is 1. The Kier molecular flexibility index (Phi) is 7.38. The van der Waals surface area contributed by atoms with Crippen LogP contribution in [0.4, 0.5) is 11.4 Å². The Bertz CT molecular complexity index is 960. The van der Waals surface area contributed by atoms with E-state index in [0.29, 0.717) is 17.9 Å². The van der Waals surface area contributed by atoms with Crippen LogP contribution in [0.1, 0.15) is 18.9 Å². The molecule has 2 aromatic carbocycles. The van der Waals surface area contributed by atoms with Gasteiger partial charge in [0, 0.05) is 17.8 Å². The summed E-state index contributed by atoms with van der Waals surface area (Å²) in [6.07, 6.45) is 2.10. The van der Waals surface area contributed by atoms with Gasteiger partial charge in [-0.1, -0.05) is 36.2 Å². The van der Waals surface area contributed by atoms with E-state index in [9.17, 15) is 20.2 Å². The molecule has 0 aliphatic carbocycles. The smallest absolute Gasteiger partial charge is 0.271 e. The van der Waals surface area contributed by atoms with Gasteiger partial charge in [0.2, 0.25) is 0 Å². The number of nitro groups is 1. The largest absolute Gasteiger partial charge is 0.490 e. The molecule has 0 aliphatic heterocycles. The van der Waals surface area contributed by atoms with E-state index in [0.717, 1.165) is 6.42 Å². The molecule has 144 valence electrons. The quantitative estimate of drug-likeness (QED) is 0.286. The van der Waals surface area contributed by atoms with Crippen molar-refractivity contribution in [2.24, 2.45) is 0 Å². The second-order valence-electron chi connectivity index (χ2n) is 5.59. The van der Waals surface area contributed by atoms with Crippen LogP contribution in [0.15, 0.2) is 42.0 Å². The maximum Gasteiger partial charge on any atom is 0.271 e. The number of anilines is 1. The van der Waals surface area contributed by atoms with Gasteiger partial charge in [0.05, 0.1) is 21.6 Å². The first kappa shape index (κ1) is 21.2. The topological polar surface area (TPSA) is 105 Å². The van der Waals surface area contributed by atoms with Crippen LogP contribution in [0, 0.1) is 21.4 Å². The van der Waals surface area contributed by atoms with Crippen LogP contribution in [-0.4, -0.2) is 17.4 Å². The van der Waals surface area contributed by atoms with Crippen molar-refractivity contribution in [2.75, 3.05) is 11.9 Å². The van der Waals surface area contributed by atoms with E-state index in [1.54, 1.807) is 6.07 Å². The second kappa shape index (κ2) is 9.74. The van der Waals surface area contributed by atoms with E-state index >= 15 is 0 Å². The average Bonchev–Trinajstić information content (AvgIpc) is 2.65. The number of hydrogen-bond donors (Lipinski definition) is 1. The molecule has 2 aromatic rings. The Labute approximate surface area is 171 Å². The molecule has 0 bridgehead atoms. The number of non-ortho nitro benzene ring substituents is 1. The fourth-order valence-corrected chi connectivity index (χ4v) is 2.83. The van der Waals surface area contributed by atoms with Crippen LogP contribution in [0.2, 0.25) is 10.0 Å². The van der Waals surface area contributed by atoms with Crippen molar-refractivity contribution in [3.63, 3.8) is 0 Å². The first-order chi connectivity index (χ1) is 13.3. The molecule has 9 heteroatoms. The van der Waals surface area contributed by atoms with Gasteiger partial charge in [0.25, 0.3) is 11.6 Å². The maximum atomic E-state index is 12.3. The van der Waals surface area contributed by atoms with E-state index in [1.807, 2.05) is 6.92 Å². The van der Waals surface area contributed by atoms with Crippen LogP contribution >= 0.6 is 23.2 Å². The normalized spacial score (nSPS) is 10.9. The van der Waals surface area contributed by atoms with E-state index in [2.05, 4.69) is 5.32 Å². The van der Waals surface area contributed by atoms with Crippen LogP contribution in [0.5, 0.6) is 5.75 Å². The van der Waals surface area contributed by atoms with Crippen molar-refractivity contribution < 1.29 is 14.5 Å². The fourth-order valence-electron chi connectivity index (χ4n) is 2.22. The highest BCUT2D eigenvalue weighted by Gasteiger charge is 2.14. The molecule has 0 spiro atoms. The minimum atomic E-state index is -0.721. The van der Waals surface area contributed by atoms with Crippen molar-refractivity contribution in [1.82, 2.24) is 0 Å². The molecule has 0 aromatic heterocycles. The number of nitro benzene ring substituents is 1.